The van der Waals surface area contributed by atoms with Crippen LogP contribution < -0.4 is 0 Å². The van der Waals surface area contributed by atoms with Crippen molar-refractivity contribution in [2.24, 2.45) is 0 Å². The fraction of sp³-hybridized carbons (Fsp3) is 0. The Hall–Kier alpha value is -7.43. The molecule has 0 N–H and O–H groups in total. The van der Waals surface area contributed by atoms with Crippen molar-refractivity contribution in [2.75, 3.05) is 0 Å². The zero-order chi connectivity index (χ0) is 36.3. The summed E-state index contributed by atoms with van der Waals surface area (Å²) in [5.74, 6) is 1.84. The zero-order valence-electron chi connectivity index (χ0n) is 29.6. The number of hydrogen-bond donors (Lipinski definition) is 0. The van der Waals surface area contributed by atoms with Gasteiger partial charge in [0.15, 0.2) is 17.5 Å². The zero-order valence-corrected chi connectivity index (χ0v) is 29.6. The van der Waals surface area contributed by atoms with Gasteiger partial charge < -0.3 is 4.42 Å². The minimum atomic E-state index is 0.599. The van der Waals surface area contributed by atoms with Crippen LogP contribution in [0.15, 0.2) is 192 Å². The Morgan fingerprint density at radius 1 is 0.273 bits per heavy atom. The lowest BCUT2D eigenvalue weighted by molar-refractivity contribution is 0.669. The fourth-order valence-electron chi connectivity index (χ4n) is 8.06. The minimum Gasteiger partial charge on any atom is -0.456 e. The van der Waals surface area contributed by atoms with E-state index in [0.717, 1.165) is 55.3 Å². The Bertz CT molecular complexity index is 3210. The molecule has 0 bridgehead atoms. The molecule has 55 heavy (non-hydrogen) atoms. The summed E-state index contributed by atoms with van der Waals surface area (Å²) in [6.07, 6.45) is 0. The maximum atomic E-state index is 6.61. The van der Waals surface area contributed by atoms with E-state index in [4.69, 9.17) is 19.4 Å². The number of aromatic nitrogens is 3. The molecule has 4 heteroatoms. The average Bonchev–Trinajstić information content (AvgIpc) is 3.65. The highest BCUT2D eigenvalue weighted by atomic mass is 16.3. The second-order valence-corrected chi connectivity index (χ2v) is 14.0. The Morgan fingerprint density at radius 2 is 0.727 bits per heavy atom. The van der Waals surface area contributed by atoms with Crippen LogP contribution in [0.2, 0.25) is 0 Å². The van der Waals surface area contributed by atoms with E-state index in [0.29, 0.717) is 17.5 Å². The van der Waals surface area contributed by atoms with Crippen molar-refractivity contribution < 1.29 is 4.42 Å². The predicted octanol–water partition coefficient (Wildman–Crippen LogP) is 13.6. The normalized spacial score (nSPS) is 11.6. The van der Waals surface area contributed by atoms with Gasteiger partial charge in [-0.3, -0.25) is 0 Å². The number of furan rings is 1. The third kappa shape index (κ3) is 5.26. The van der Waals surface area contributed by atoms with Gasteiger partial charge in [-0.25, -0.2) is 15.0 Å². The molecule has 0 aliphatic carbocycles. The number of fused-ring (bicyclic) bond motifs is 9. The minimum absolute atomic E-state index is 0.599. The van der Waals surface area contributed by atoms with E-state index in [1.165, 1.54) is 37.9 Å². The summed E-state index contributed by atoms with van der Waals surface area (Å²) in [4.78, 5) is 15.2. The van der Waals surface area contributed by atoms with Gasteiger partial charge in [0.1, 0.15) is 11.2 Å². The topological polar surface area (TPSA) is 51.8 Å². The van der Waals surface area contributed by atoms with Crippen LogP contribution in [-0.2, 0) is 0 Å². The van der Waals surface area contributed by atoms with Crippen molar-refractivity contribution >= 4 is 54.3 Å². The summed E-state index contributed by atoms with van der Waals surface area (Å²) in [6, 6.07) is 65.7. The van der Waals surface area contributed by atoms with Gasteiger partial charge in [-0.1, -0.05) is 164 Å². The maximum Gasteiger partial charge on any atom is 0.164 e. The highest BCUT2D eigenvalue weighted by molar-refractivity contribution is 6.25. The van der Waals surface area contributed by atoms with Crippen molar-refractivity contribution in [1.82, 2.24) is 15.0 Å². The molecule has 256 valence electrons. The van der Waals surface area contributed by atoms with Crippen LogP contribution in [0.3, 0.4) is 0 Å². The molecule has 0 spiro atoms. The second-order valence-electron chi connectivity index (χ2n) is 14.0. The number of rotatable bonds is 5. The Balaban J connectivity index is 1.05. The lowest BCUT2D eigenvalue weighted by atomic mass is 9.92. The fourth-order valence-corrected chi connectivity index (χ4v) is 8.06. The summed E-state index contributed by atoms with van der Waals surface area (Å²) in [6.45, 7) is 0. The molecule has 0 radical (unpaired) electrons. The van der Waals surface area contributed by atoms with Gasteiger partial charge in [0, 0.05) is 27.5 Å². The lowest BCUT2D eigenvalue weighted by Gasteiger charge is -2.12. The van der Waals surface area contributed by atoms with Gasteiger partial charge in [-0.15, -0.1) is 0 Å². The second kappa shape index (κ2) is 12.6. The highest BCUT2D eigenvalue weighted by Gasteiger charge is 2.19. The van der Waals surface area contributed by atoms with Gasteiger partial charge >= 0.3 is 0 Å². The Kier molecular flexibility index (Phi) is 7.14. The Labute approximate surface area is 317 Å². The number of benzene rings is 9. The van der Waals surface area contributed by atoms with Crippen molar-refractivity contribution in [3.8, 4) is 56.4 Å². The van der Waals surface area contributed by atoms with Crippen molar-refractivity contribution in [1.29, 1.82) is 0 Å². The molecule has 9 aromatic carbocycles. The lowest BCUT2D eigenvalue weighted by Crippen LogP contribution is -2.00. The van der Waals surface area contributed by atoms with E-state index in [2.05, 4.69) is 140 Å². The van der Waals surface area contributed by atoms with Crippen LogP contribution in [0.4, 0.5) is 0 Å². The van der Waals surface area contributed by atoms with E-state index >= 15 is 0 Å². The third-order valence-corrected chi connectivity index (χ3v) is 10.7. The summed E-state index contributed by atoms with van der Waals surface area (Å²) in [7, 11) is 0. The quantitative estimate of drug-likeness (QED) is 0.168. The van der Waals surface area contributed by atoms with Crippen LogP contribution in [0.1, 0.15) is 0 Å². The SMILES string of the molecule is c1ccc(-c2ccc(-c3nc(-c4ccccc4)nc(-c4cccc5oc6cc(-c7ccc8c9ccccc9c9ccccc9c8c7)ccc6c45)n3)cc2)cc1. The van der Waals surface area contributed by atoms with Gasteiger partial charge in [0.25, 0.3) is 0 Å². The first-order valence-electron chi connectivity index (χ1n) is 18.5. The first-order valence-corrected chi connectivity index (χ1v) is 18.5. The van der Waals surface area contributed by atoms with Crippen molar-refractivity contribution in [3.05, 3.63) is 188 Å². The molecule has 0 aliphatic heterocycles. The molecule has 2 heterocycles. The third-order valence-electron chi connectivity index (χ3n) is 10.7. The van der Waals surface area contributed by atoms with Gasteiger partial charge in [0.2, 0.25) is 0 Å². The molecule has 11 aromatic rings. The molecular weight excluding hydrogens is 671 g/mol. The van der Waals surface area contributed by atoms with Crippen molar-refractivity contribution in [2.45, 2.75) is 0 Å². The number of hydrogen-bond acceptors (Lipinski definition) is 4. The molecule has 11 rings (SSSR count). The van der Waals surface area contributed by atoms with E-state index in [9.17, 15) is 0 Å². The van der Waals surface area contributed by atoms with Crippen LogP contribution in [0, 0.1) is 0 Å². The van der Waals surface area contributed by atoms with E-state index in [1.807, 2.05) is 48.5 Å². The smallest absolute Gasteiger partial charge is 0.164 e. The molecule has 0 unspecified atom stereocenters. The molecule has 0 atom stereocenters. The summed E-state index contributed by atoms with van der Waals surface area (Å²) in [5.41, 5.74) is 8.90. The molecule has 0 amide bonds. The summed E-state index contributed by atoms with van der Waals surface area (Å²) < 4.78 is 6.61. The monoisotopic (exact) mass is 701 g/mol. The van der Waals surface area contributed by atoms with E-state index in [-0.39, 0.29) is 0 Å². The van der Waals surface area contributed by atoms with Crippen LogP contribution >= 0.6 is 0 Å². The van der Waals surface area contributed by atoms with Crippen LogP contribution in [0.5, 0.6) is 0 Å². The predicted molar refractivity (Wildman–Crippen MR) is 227 cm³/mol. The van der Waals surface area contributed by atoms with Crippen molar-refractivity contribution in [3.63, 3.8) is 0 Å². The first-order chi connectivity index (χ1) is 27.2. The summed E-state index contributed by atoms with van der Waals surface area (Å²) in [5, 5.41) is 9.57. The van der Waals surface area contributed by atoms with E-state index in [1.54, 1.807) is 0 Å². The molecule has 0 fully saturated rings. The molecule has 0 aliphatic rings. The Morgan fingerprint density at radius 3 is 1.38 bits per heavy atom. The first kappa shape index (κ1) is 31.1. The molecule has 0 saturated carbocycles. The highest BCUT2D eigenvalue weighted by Crippen LogP contribution is 2.40. The van der Waals surface area contributed by atoms with E-state index < -0.39 is 0 Å². The largest absolute Gasteiger partial charge is 0.456 e. The molecular formula is C51H31N3O. The molecule has 4 nitrogen and oxygen atoms in total. The number of nitrogens with zero attached hydrogens (tertiary/aromatic N) is 3. The van der Waals surface area contributed by atoms with Crippen LogP contribution in [-0.4, -0.2) is 15.0 Å². The summed E-state index contributed by atoms with van der Waals surface area (Å²) >= 11 is 0. The average molecular weight is 702 g/mol. The molecule has 0 saturated heterocycles. The van der Waals surface area contributed by atoms with Gasteiger partial charge in [-0.05, 0) is 78.8 Å². The van der Waals surface area contributed by atoms with Crippen LogP contribution in [0.25, 0.3) is 111 Å². The van der Waals surface area contributed by atoms with Gasteiger partial charge in [-0.2, -0.15) is 0 Å². The van der Waals surface area contributed by atoms with Gasteiger partial charge in [0.05, 0.1) is 0 Å². The maximum absolute atomic E-state index is 6.61. The standard InChI is InChI=1S/C51H31N3O/c1-3-12-32(13-4-1)33-22-24-35(25-23-33)50-52-49(34-14-5-2-6-15-34)53-51(54-50)44-20-11-21-46-48(44)43-29-27-37(31-47(43)55-46)36-26-28-42-40-18-8-7-16-38(40)39-17-9-10-19-41(39)45(42)30-36/h1-31H. The molecule has 2 aromatic heterocycles.